The highest BCUT2D eigenvalue weighted by atomic mass is 35.5. The van der Waals surface area contributed by atoms with E-state index in [1.165, 1.54) is 13.2 Å². The van der Waals surface area contributed by atoms with Gasteiger partial charge in [0.2, 0.25) is 0 Å². The fourth-order valence-corrected chi connectivity index (χ4v) is 3.06. The first-order valence-corrected chi connectivity index (χ1v) is 8.17. The van der Waals surface area contributed by atoms with Crippen molar-refractivity contribution in [1.29, 1.82) is 0 Å². The summed E-state index contributed by atoms with van der Waals surface area (Å²) in [6, 6.07) is 3.00. The Balaban J connectivity index is 2.11. The molecule has 0 bridgehead atoms. The van der Waals surface area contributed by atoms with Gasteiger partial charge in [0, 0.05) is 32.8 Å². The smallest absolute Gasteiger partial charge is 0.255 e. The van der Waals surface area contributed by atoms with Crippen LogP contribution in [0.2, 0.25) is 5.02 Å². The number of anilines is 1. The average Bonchev–Trinajstić information content (AvgIpc) is 2.58. The summed E-state index contributed by atoms with van der Waals surface area (Å²) in [6.45, 7) is 6.18. The van der Waals surface area contributed by atoms with E-state index >= 15 is 0 Å². The van der Waals surface area contributed by atoms with Crippen LogP contribution in [0.15, 0.2) is 24.8 Å². The van der Waals surface area contributed by atoms with Crippen LogP contribution in [-0.2, 0) is 4.74 Å². The number of rotatable bonds is 6. The number of nitrogens with one attached hydrogen (secondary N) is 1. The van der Waals surface area contributed by atoms with E-state index in [1.807, 2.05) is 6.08 Å². The van der Waals surface area contributed by atoms with Crippen molar-refractivity contribution in [2.45, 2.75) is 18.6 Å². The van der Waals surface area contributed by atoms with Gasteiger partial charge in [0.1, 0.15) is 5.75 Å². The molecule has 1 fully saturated rings. The molecule has 24 heavy (non-hydrogen) atoms. The lowest BCUT2D eigenvalue weighted by atomic mass is 10.0. The minimum absolute atomic E-state index is 0.0791. The molecule has 0 spiro atoms. The third kappa shape index (κ3) is 4.20. The van der Waals surface area contributed by atoms with Crippen LogP contribution in [0.1, 0.15) is 16.8 Å². The van der Waals surface area contributed by atoms with Crippen molar-refractivity contribution in [3.05, 3.63) is 35.4 Å². The van der Waals surface area contributed by atoms with E-state index in [0.717, 1.165) is 26.1 Å². The Morgan fingerprint density at radius 1 is 1.54 bits per heavy atom. The van der Waals surface area contributed by atoms with E-state index in [9.17, 15) is 4.79 Å². The summed E-state index contributed by atoms with van der Waals surface area (Å²) in [5.41, 5.74) is 6.49. The molecule has 1 aliphatic rings. The van der Waals surface area contributed by atoms with E-state index in [2.05, 4.69) is 16.8 Å². The summed E-state index contributed by atoms with van der Waals surface area (Å²) in [5, 5.41) is 3.35. The van der Waals surface area contributed by atoms with E-state index < -0.39 is 0 Å². The van der Waals surface area contributed by atoms with E-state index in [4.69, 9.17) is 26.8 Å². The molecule has 1 heterocycles. The number of halogens is 1. The first kappa shape index (κ1) is 18.6. The van der Waals surface area contributed by atoms with E-state index in [-0.39, 0.29) is 18.1 Å². The van der Waals surface area contributed by atoms with Crippen LogP contribution in [0.25, 0.3) is 0 Å². The predicted octanol–water partition coefficient (Wildman–Crippen LogP) is 1.94. The van der Waals surface area contributed by atoms with Gasteiger partial charge in [-0.15, -0.1) is 6.58 Å². The zero-order valence-corrected chi connectivity index (χ0v) is 14.8. The van der Waals surface area contributed by atoms with Gasteiger partial charge in [-0.05, 0) is 12.5 Å². The minimum Gasteiger partial charge on any atom is -0.496 e. The van der Waals surface area contributed by atoms with Gasteiger partial charge in [0.15, 0.2) is 0 Å². The molecule has 0 unspecified atom stereocenters. The third-order valence-corrected chi connectivity index (χ3v) is 4.54. The van der Waals surface area contributed by atoms with Gasteiger partial charge in [0.25, 0.3) is 5.91 Å². The molecule has 1 amide bonds. The Bertz CT molecular complexity index is 609. The van der Waals surface area contributed by atoms with Gasteiger partial charge >= 0.3 is 0 Å². The van der Waals surface area contributed by atoms with E-state index in [0.29, 0.717) is 22.0 Å². The highest BCUT2D eigenvalue weighted by molar-refractivity contribution is 6.33. The predicted molar refractivity (Wildman–Crippen MR) is 95.7 cm³/mol. The normalized spacial score (nSPS) is 21.3. The maximum Gasteiger partial charge on any atom is 0.255 e. The van der Waals surface area contributed by atoms with Crippen LogP contribution in [0.5, 0.6) is 5.75 Å². The van der Waals surface area contributed by atoms with Crippen LogP contribution >= 0.6 is 11.6 Å². The van der Waals surface area contributed by atoms with Crippen molar-refractivity contribution in [3.8, 4) is 5.75 Å². The number of hydrogen-bond acceptors (Lipinski definition) is 5. The van der Waals surface area contributed by atoms with Crippen LogP contribution in [0, 0.1) is 0 Å². The van der Waals surface area contributed by atoms with Crippen LogP contribution in [-0.4, -0.2) is 56.8 Å². The van der Waals surface area contributed by atoms with Crippen molar-refractivity contribution < 1.29 is 14.3 Å². The number of methoxy groups -OCH3 is 2. The van der Waals surface area contributed by atoms with Crippen molar-refractivity contribution >= 4 is 23.2 Å². The molecule has 6 nitrogen and oxygen atoms in total. The number of nitrogens with zero attached hydrogens (tertiary/aromatic N) is 1. The Morgan fingerprint density at radius 2 is 2.29 bits per heavy atom. The number of ether oxygens (including phenoxy) is 2. The molecular formula is C17H24ClN3O3. The van der Waals surface area contributed by atoms with Crippen LogP contribution in [0.4, 0.5) is 5.69 Å². The zero-order valence-electron chi connectivity index (χ0n) is 14.0. The zero-order chi connectivity index (χ0) is 17.7. The number of nitrogen functional groups attached to an aromatic ring is 1. The molecule has 1 aromatic carbocycles. The van der Waals surface area contributed by atoms with Crippen molar-refractivity contribution in [2.24, 2.45) is 0 Å². The second-order valence-corrected chi connectivity index (χ2v) is 6.17. The lowest BCUT2D eigenvalue weighted by molar-refractivity contribution is 0.00988. The molecule has 1 aromatic rings. The summed E-state index contributed by atoms with van der Waals surface area (Å²) in [7, 11) is 3.15. The number of piperidine rings is 1. The summed E-state index contributed by atoms with van der Waals surface area (Å²) in [6.07, 6.45) is 2.58. The molecule has 0 radical (unpaired) electrons. The Hall–Kier alpha value is -1.76. The van der Waals surface area contributed by atoms with E-state index in [1.54, 1.807) is 13.2 Å². The summed E-state index contributed by atoms with van der Waals surface area (Å²) < 4.78 is 10.8. The number of carbonyl (C=O) groups is 1. The van der Waals surface area contributed by atoms with Crippen LogP contribution < -0.4 is 15.8 Å². The topological polar surface area (TPSA) is 76.8 Å². The monoisotopic (exact) mass is 353 g/mol. The number of carbonyl (C=O) groups excluding carboxylic acids is 1. The second-order valence-electron chi connectivity index (χ2n) is 5.77. The van der Waals surface area contributed by atoms with Gasteiger partial charge in [-0.2, -0.15) is 0 Å². The maximum absolute atomic E-state index is 12.6. The molecule has 2 rings (SSSR count). The molecule has 0 saturated carbocycles. The molecule has 1 saturated heterocycles. The van der Waals surface area contributed by atoms with Gasteiger partial charge in [0.05, 0.1) is 35.5 Å². The summed E-state index contributed by atoms with van der Waals surface area (Å²) in [5.74, 6) is 0.144. The Labute approximate surface area is 147 Å². The number of amides is 1. The second kappa shape index (κ2) is 8.37. The fourth-order valence-electron chi connectivity index (χ4n) is 2.89. The third-order valence-electron chi connectivity index (χ3n) is 4.21. The molecule has 2 atom stereocenters. The lowest BCUT2D eigenvalue weighted by Crippen LogP contribution is -2.54. The number of likely N-dealkylation sites (tertiary alicyclic amines) is 1. The van der Waals surface area contributed by atoms with Crippen molar-refractivity contribution in [3.63, 3.8) is 0 Å². The standard InChI is InChI=1S/C17H24ClN3O3/c1-4-6-21-7-5-14(16(10-21)24-3)20-17(22)11-8-12(18)13(19)9-15(11)23-2/h4,8-9,14,16H,1,5-7,10,19H2,2-3H3,(H,20,22)/t14-,16+/m0/s1. The number of nitrogens with two attached hydrogens (primary N) is 1. The summed E-state index contributed by atoms with van der Waals surface area (Å²) >= 11 is 6.04. The van der Waals surface area contributed by atoms with Crippen LogP contribution in [0.3, 0.4) is 0 Å². The number of benzene rings is 1. The Morgan fingerprint density at radius 3 is 2.92 bits per heavy atom. The fraction of sp³-hybridized carbons (Fsp3) is 0.471. The molecule has 3 N–H and O–H groups in total. The van der Waals surface area contributed by atoms with Gasteiger partial charge in [-0.25, -0.2) is 0 Å². The largest absolute Gasteiger partial charge is 0.496 e. The first-order chi connectivity index (χ1) is 11.5. The molecular weight excluding hydrogens is 330 g/mol. The maximum atomic E-state index is 12.6. The first-order valence-electron chi connectivity index (χ1n) is 7.80. The number of hydrogen-bond donors (Lipinski definition) is 2. The molecule has 132 valence electrons. The van der Waals surface area contributed by atoms with Crippen molar-refractivity contribution in [1.82, 2.24) is 10.2 Å². The summed E-state index contributed by atoms with van der Waals surface area (Å²) in [4.78, 5) is 14.9. The van der Waals surface area contributed by atoms with Gasteiger partial charge in [-0.3, -0.25) is 9.69 Å². The highest BCUT2D eigenvalue weighted by Crippen LogP contribution is 2.29. The quantitative estimate of drug-likeness (QED) is 0.603. The van der Waals surface area contributed by atoms with Crippen molar-refractivity contribution in [2.75, 3.05) is 39.6 Å². The minimum atomic E-state index is -0.252. The SMILES string of the molecule is C=CCN1CC[C@H](NC(=O)c2cc(Cl)c(N)cc2OC)[C@H](OC)C1. The molecule has 7 heteroatoms. The molecule has 0 aromatic heterocycles. The molecule has 1 aliphatic heterocycles. The lowest BCUT2D eigenvalue weighted by Gasteiger charge is -2.37. The highest BCUT2D eigenvalue weighted by Gasteiger charge is 2.30. The van der Waals surface area contributed by atoms with Gasteiger partial charge < -0.3 is 20.5 Å². The average molecular weight is 354 g/mol. The Kier molecular flexibility index (Phi) is 6.48. The van der Waals surface area contributed by atoms with Gasteiger partial charge in [-0.1, -0.05) is 17.7 Å². The molecule has 0 aliphatic carbocycles.